The van der Waals surface area contributed by atoms with E-state index in [1.807, 2.05) is 18.2 Å². The molecule has 1 amide bonds. The van der Waals surface area contributed by atoms with E-state index in [2.05, 4.69) is 5.32 Å². The first kappa shape index (κ1) is 16.1. The summed E-state index contributed by atoms with van der Waals surface area (Å²) in [4.78, 5) is 13.4. The Morgan fingerprint density at radius 1 is 1.21 bits per heavy atom. The lowest BCUT2D eigenvalue weighted by molar-refractivity contribution is -0.121. The van der Waals surface area contributed by atoms with E-state index in [1.54, 1.807) is 37.4 Å². The van der Waals surface area contributed by atoms with Crippen molar-refractivity contribution in [1.82, 2.24) is 10.2 Å². The van der Waals surface area contributed by atoms with Crippen LogP contribution in [0.5, 0.6) is 5.75 Å². The Bertz CT molecular complexity index is 835. The van der Waals surface area contributed by atoms with Gasteiger partial charge in [-0.1, -0.05) is 36.4 Å². The van der Waals surface area contributed by atoms with Gasteiger partial charge in [0.05, 0.1) is 0 Å². The first-order valence-electron chi connectivity index (χ1n) is 7.32. The lowest BCUT2D eigenvalue weighted by atomic mass is 10.1. The van der Waals surface area contributed by atoms with Crippen LogP contribution in [0.3, 0.4) is 0 Å². The highest BCUT2D eigenvalue weighted by Gasteiger charge is 2.27. The number of nitrogens with zero attached hydrogens (tertiary/aromatic N) is 1. The van der Waals surface area contributed by atoms with Gasteiger partial charge >= 0.3 is 0 Å². The van der Waals surface area contributed by atoms with Crippen molar-refractivity contribution in [3.63, 3.8) is 0 Å². The van der Waals surface area contributed by atoms with E-state index in [-0.39, 0.29) is 18.3 Å². The molecule has 1 heterocycles. The summed E-state index contributed by atoms with van der Waals surface area (Å²) in [5, 5.41) is 3.22. The quantitative estimate of drug-likeness (QED) is 0.685. The summed E-state index contributed by atoms with van der Waals surface area (Å²) in [6.07, 6.45) is 1.68. The van der Waals surface area contributed by atoms with Gasteiger partial charge in [0.15, 0.2) is 5.11 Å². The molecule has 4 nitrogen and oxygen atoms in total. The summed E-state index contributed by atoms with van der Waals surface area (Å²) in [6, 6.07) is 13.7. The third-order valence-corrected chi connectivity index (χ3v) is 4.02. The lowest BCUT2D eigenvalue weighted by Crippen LogP contribution is -2.25. The second-order valence-electron chi connectivity index (χ2n) is 5.27. The monoisotopic (exact) mass is 342 g/mol. The minimum absolute atomic E-state index is 0.104. The van der Waals surface area contributed by atoms with E-state index in [0.717, 1.165) is 0 Å². The minimum Gasteiger partial charge on any atom is -0.488 e. The Kier molecular flexibility index (Phi) is 4.57. The van der Waals surface area contributed by atoms with Crippen LogP contribution in [0.4, 0.5) is 4.39 Å². The number of benzene rings is 2. The maximum absolute atomic E-state index is 13.7. The number of likely N-dealkylation sites (N-methyl/N-ethyl adjacent to an activating group) is 1. The average Bonchev–Trinajstić information content (AvgIpc) is 2.82. The SMILES string of the molecule is CN1C(=O)/C(=C\c2ccccc2OCc2ccccc2F)NC1=S. The fourth-order valence-corrected chi connectivity index (χ4v) is 2.47. The van der Waals surface area contributed by atoms with Crippen molar-refractivity contribution in [3.05, 3.63) is 71.2 Å². The molecular weight excluding hydrogens is 327 g/mol. The Morgan fingerprint density at radius 3 is 2.62 bits per heavy atom. The average molecular weight is 342 g/mol. The molecule has 0 spiro atoms. The molecule has 2 aromatic rings. The number of ether oxygens (including phenoxy) is 1. The van der Waals surface area contributed by atoms with E-state index >= 15 is 0 Å². The van der Waals surface area contributed by atoms with Crippen LogP contribution in [0.2, 0.25) is 0 Å². The summed E-state index contributed by atoms with van der Waals surface area (Å²) in [7, 11) is 1.61. The van der Waals surface area contributed by atoms with Crippen molar-refractivity contribution in [1.29, 1.82) is 0 Å². The number of nitrogens with one attached hydrogen (secondary N) is 1. The van der Waals surface area contributed by atoms with Crippen molar-refractivity contribution in [2.24, 2.45) is 0 Å². The van der Waals surface area contributed by atoms with Crippen molar-refractivity contribution < 1.29 is 13.9 Å². The molecule has 1 fully saturated rings. The maximum Gasteiger partial charge on any atom is 0.276 e. The van der Waals surface area contributed by atoms with Crippen LogP contribution in [0.25, 0.3) is 6.08 Å². The first-order chi connectivity index (χ1) is 11.6. The van der Waals surface area contributed by atoms with Gasteiger partial charge in [0.2, 0.25) is 0 Å². The Hall–Kier alpha value is -2.73. The highest BCUT2D eigenvalue weighted by atomic mass is 32.1. The minimum atomic E-state index is -0.312. The molecule has 1 saturated heterocycles. The van der Waals surface area contributed by atoms with Crippen LogP contribution in [0.15, 0.2) is 54.2 Å². The van der Waals surface area contributed by atoms with Gasteiger partial charge in [0.25, 0.3) is 5.91 Å². The van der Waals surface area contributed by atoms with Gasteiger partial charge in [-0.25, -0.2) is 4.39 Å². The van der Waals surface area contributed by atoms with Crippen LogP contribution in [0.1, 0.15) is 11.1 Å². The molecule has 0 atom stereocenters. The lowest BCUT2D eigenvalue weighted by Gasteiger charge is -2.10. The molecule has 0 aromatic heterocycles. The zero-order valence-electron chi connectivity index (χ0n) is 13.0. The van der Waals surface area contributed by atoms with Crippen LogP contribution in [-0.2, 0) is 11.4 Å². The highest BCUT2D eigenvalue weighted by molar-refractivity contribution is 7.80. The zero-order chi connectivity index (χ0) is 17.1. The normalized spacial score (nSPS) is 15.8. The van der Waals surface area contributed by atoms with E-state index in [1.165, 1.54) is 11.0 Å². The first-order valence-corrected chi connectivity index (χ1v) is 7.73. The molecule has 0 saturated carbocycles. The number of para-hydroxylation sites is 1. The van der Waals surface area contributed by atoms with Crippen LogP contribution >= 0.6 is 12.2 Å². The fraction of sp³-hybridized carbons (Fsp3) is 0.111. The van der Waals surface area contributed by atoms with Gasteiger partial charge in [0, 0.05) is 18.2 Å². The van der Waals surface area contributed by atoms with Gasteiger partial charge < -0.3 is 10.1 Å². The smallest absolute Gasteiger partial charge is 0.276 e. The molecule has 1 N–H and O–H groups in total. The summed E-state index contributed by atoms with van der Waals surface area (Å²) < 4.78 is 19.4. The predicted octanol–water partition coefficient (Wildman–Crippen LogP) is 3.09. The number of halogens is 1. The highest BCUT2D eigenvalue weighted by Crippen LogP contribution is 2.23. The van der Waals surface area contributed by atoms with Crippen molar-refractivity contribution in [2.45, 2.75) is 6.61 Å². The number of hydrogen-bond acceptors (Lipinski definition) is 3. The van der Waals surface area contributed by atoms with Gasteiger partial charge in [-0.05, 0) is 30.4 Å². The van der Waals surface area contributed by atoms with Crippen LogP contribution in [-0.4, -0.2) is 23.0 Å². The Labute approximate surface area is 144 Å². The molecule has 6 heteroatoms. The van der Waals surface area contributed by atoms with E-state index in [0.29, 0.717) is 27.7 Å². The summed E-state index contributed by atoms with van der Waals surface area (Å²) in [6.45, 7) is 0.104. The standard InChI is InChI=1S/C18H15FN2O2S/c1-21-17(22)15(20-18(21)24)10-12-6-3-5-9-16(12)23-11-13-7-2-4-8-14(13)19/h2-10H,11H2,1H3,(H,20,24)/b15-10+. The molecule has 1 aliphatic heterocycles. The molecule has 0 aliphatic carbocycles. The zero-order valence-corrected chi connectivity index (χ0v) is 13.8. The van der Waals surface area contributed by atoms with E-state index in [4.69, 9.17) is 17.0 Å². The van der Waals surface area contributed by atoms with Crippen molar-refractivity contribution >= 4 is 29.3 Å². The van der Waals surface area contributed by atoms with Gasteiger partial charge in [-0.15, -0.1) is 0 Å². The fourth-order valence-electron chi connectivity index (χ4n) is 2.28. The molecule has 0 unspecified atom stereocenters. The largest absolute Gasteiger partial charge is 0.488 e. The van der Waals surface area contributed by atoms with E-state index < -0.39 is 0 Å². The molecule has 1 aliphatic rings. The molecule has 3 rings (SSSR count). The number of thiocarbonyl (C=S) groups is 1. The molecule has 0 bridgehead atoms. The number of hydrogen-bond donors (Lipinski definition) is 1. The Balaban J connectivity index is 1.83. The third kappa shape index (κ3) is 3.28. The van der Waals surface area contributed by atoms with Gasteiger partial charge in [0.1, 0.15) is 23.9 Å². The molecule has 0 radical (unpaired) electrons. The second-order valence-corrected chi connectivity index (χ2v) is 5.66. The van der Waals surface area contributed by atoms with Gasteiger partial charge in [-0.3, -0.25) is 9.69 Å². The topological polar surface area (TPSA) is 41.6 Å². The number of carbonyl (C=O) groups is 1. The molecule has 24 heavy (non-hydrogen) atoms. The van der Waals surface area contributed by atoms with Crippen molar-refractivity contribution in [2.75, 3.05) is 7.05 Å². The van der Waals surface area contributed by atoms with Crippen molar-refractivity contribution in [3.8, 4) is 5.75 Å². The predicted molar refractivity (Wildman–Crippen MR) is 93.7 cm³/mol. The van der Waals surface area contributed by atoms with Gasteiger partial charge in [-0.2, -0.15) is 0 Å². The van der Waals surface area contributed by atoms with Crippen LogP contribution < -0.4 is 10.1 Å². The summed E-state index contributed by atoms with van der Waals surface area (Å²) >= 11 is 5.05. The van der Waals surface area contributed by atoms with E-state index in [9.17, 15) is 9.18 Å². The second kappa shape index (κ2) is 6.80. The summed E-state index contributed by atoms with van der Waals surface area (Å²) in [5.74, 6) is 0.0418. The number of amides is 1. The maximum atomic E-state index is 13.7. The number of rotatable bonds is 4. The number of carbonyl (C=O) groups excluding carboxylic acids is 1. The molecule has 2 aromatic carbocycles. The Morgan fingerprint density at radius 2 is 1.92 bits per heavy atom. The van der Waals surface area contributed by atoms with Crippen LogP contribution in [0, 0.1) is 5.82 Å². The molecule has 122 valence electrons. The summed E-state index contributed by atoms with van der Waals surface area (Å²) in [5.41, 5.74) is 1.56. The third-order valence-electron chi connectivity index (χ3n) is 3.64. The molecular formula is C18H15FN2O2S.